The zero-order valence-electron chi connectivity index (χ0n) is 10.8. The van der Waals surface area contributed by atoms with Gasteiger partial charge < -0.3 is 15.3 Å². The summed E-state index contributed by atoms with van der Waals surface area (Å²) in [7, 11) is 0. The van der Waals surface area contributed by atoms with E-state index in [1.165, 1.54) is 64.5 Å². The first-order valence-electron chi connectivity index (χ1n) is 7.44. The largest absolute Gasteiger partial charge is 0.394 e. The van der Waals surface area contributed by atoms with Crippen LogP contribution in [0, 0.1) is 0 Å². The van der Waals surface area contributed by atoms with E-state index in [4.69, 9.17) is 0 Å². The first kappa shape index (κ1) is 11.9. The van der Waals surface area contributed by atoms with Crippen molar-refractivity contribution in [3.63, 3.8) is 0 Å². The van der Waals surface area contributed by atoms with Crippen molar-refractivity contribution in [2.75, 3.05) is 19.7 Å². The number of aliphatic hydroxyl groups is 1. The second kappa shape index (κ2) is 4.87. The molecule has 2 saturated carbocycles. The topological polar surface area (TPSA) is 35.5 Å². The molecule has 0 radical (unpaired) electrons. The van der Waals surface area contributed by atoms with Crippen LogP contribution in [-0.4, -0.2) is 47.3 Å². The number of rotatable bonds is 4. The van der Waals surface area contributed by atoms with E-state index in [0.717, 1.165) is 6.04 Å². The molecule has 3 nitrogen and oxygen atoms in total. The molecule has 0 bridgehead atoms. The van der Waals surface area contributed by atoms with Crippen molar-refractivity contribution in [1.82, 2.24) is 10.2 Å². The lowest BCUT2D eigenvalue weighted by molar-refractivity contribution is 0.0675. The average molecular weight is 238 g/mol. The van der Waals surface area contributed by atoms with Crippen LogP contribution < -0.4 is 5.32 Å². The second-order valence-corrected chi connectivity index (χ2v) is 6.35. The number of aliphatic hydroxyl groups excluding tert-OH is 1. The predicted molar refractivity (Wildman–Crippen MR) is 69.0 cm³/mol. The van der Waals surface area contributed by atoms with Gasteiger partial charge in [-0.2, -0.15) is 0 Å². The molecule has 3 fully saturated rings. The third kappa shape index (κ3) is 2.67. The van der Waals surface area contributed by atoms with E-state index in [2.05, 4.69) is 10.2 Å². The third-order valence-corrected chi connectivity index (χ3v) is 4.87. The minimum absolute atomic E-state index is 0.0483. The molecule has 0 aromatic heterocycles. The molecule has 3 rings (SSSR count). The fraction of sp³-hybridized carbons (Fsp3) is 1.00. The Labute approximate surface area is 105 Å². The summed E-state index contributed by atoms with van der Waals surface area (Å²) in [6, 6.07) is 1.43. The van der Waals surface area contributed by atoms with Gasteiger partial charge in [-0.3, -0.25) is 0 Å². The molecule has 2 atom stereocenters. The van der Waals surface area contributed by atoms with Crippen molar-refractivity contribution >= 4 is 0 Å². The fourth-order valence-corrected chi connectivity index (χ4v) is 3.73. The summed E-state index contributed by atoms with van der Waals surface area (Å²) in [4.78, 5) is 2.66. The number of likely N-dealkylation sites (tertiary alicyclic amines) is 1. The number of nitrogens with zero attached hydrogens (tertiary/aromatic N) is 1. The first-order valence-corrected chi connectivity index (χ1v) is 7.44. The van der Waals surface area contributed by atoms with Crippen molar-refractivity contribution in [2.24, 2.45) is 0 Å². The highest BCUT2D eigenvalue weighted by Crippen LogP contribution is 2.35. The Morgan fingerprint density at radius 2 is 1.88 bits per heavy atom. The Kier molecular flexibility index (Phi) is 3.42. The summed E-state index contributed by atoms with van der Waals surface area (Å²) < 4.78 is 0. The normalized spacial score (nSPS) is 39.7. The molecular formula is C14H26N2O. The maximum atomic E-state index is 9.80. The maximum absolute atomic E-state index is 9.80. The molecule has 0 aromatic rings. The van der Waals surface area contributed by atoms with Gasteiger partial charge in [0.2, 0.25) is 0 Å². The van der Waals surface area contributed by atoms with Crippen LogP contribution in [0.5, 0.6) is 0 Å². The van der Waals surface area contributed by atoms with E-state index >= 15 is 0 Å². The van der Waals surface area contributed by atoms with E-state index in [1.807, 2.05) is 0 Å². The van der Waals surface area contributed by atoms with Crippen LogP contribution in [-0.2, 0) is 0 Å². The van der Waals surface area contributed by atoms with Crippen molar-refractivity contribution in [3.8, 4) is 0 Å². The van der Waals surface area contributed by atoms with E-state index < -0.39 is 0 Å². The number of hydrogen-bond acceptors (Lipinski definition) is 3. The fourth-order valence-electron chi connectivity index (χ4n) is 3.73. The monoisotopic (exact) mass is 238 g/mol. The average Bonchev–Trinajstić information content (AvgIpc) is 2.99. The minimum Gasteiger partial charge on any atom is -0.394 e. The van der Waals surface area contributed by atoms with Gasteiger partial charge in [-0.15, -0.1) is 0 Å². The van der Waals surface area contributed by atoms with Crippen LogP contribution in [0.1, 0.15) is 51.4 Å². The summed E-state index contributed by atoms with van der Waals surface area (Å²) >= 11 is 0. The predicted octanol–water partition coefficient (Wildman–Crippen LogP) is 1.51. The van der Waals surface area contributed by atoms with Crippen LogP contribution in [0.25, 0.3) is 0 Å². The minimum atomic E-state index is 0.0483. The SMILES string of the molecule is OCC1(NC2CC2)CCCC(N2CCCC2)C1. The Hall–Kier alpha value is -0.120. The van der Waals surface area contributed by atoms with Gasteiger partial charge in [-0.05, 0) is 64.5 Å². The molecule has 0 spiro atoms. The van der Waals surface area contributed by atoms with E-state index in [-0.39, 0.29) is 5.54 Å². The van der Waals surface area contributed by atoms with Crippen LogP contribution >= 0.6 is 0 Å². The Bertz CT molecular complexity index is 261. The molecule has 2 N–H and O–H groups in total. The molecule has 0 amide bonds. The Morgan fingerprint density at radius 1 is 1.12 bits per heavy atom. The van der Waals surface area contributed by atoms with Gasteiger partial charge in [0.1, 0.15) is 0 Å². The first-order chi connectivity index (χ1) is 8.31. The highest BCUT2D eigenvalue weighted by molar-refractivity contribution is 5.01. The van der Waals surface area contributed by atoms with Crippen molar-refractivity contribution in [2.45, 2.75) is 69.0 Å². The third-order valence-electron chi connectivity index (χ3n) is 4.87. The zero-order chi connectivity index (χ0) is 11.7. The van der Waals surface area contributed by atoms with Crippen LogP contribution in [0.15, 0.2) is 0 Å². The molecule has 1 aliphatic heterocycles. The summed E-state index contributed by atoms with van der Waals surface area (Å²) in [6.45, 7) is 2.90. The quantitative estimate of drug-likeness (QED) is 0.779. The van der Waals surface area contributed by atoms with Crippen molar-refractivity contribution in [1.29, 1.82) is 0 Å². The highest BCUT2D eigenvalue weighted by atomic mass is 16.3. The van der Waals surface area contributed by atoms with Gasteiger partial charge in [0.15, 0.2) is 0 Å². The highest BCUT2D eigenvalue weighted by Gasteiger charge is 2.41. The molecule has 17 heavy (non-hydrogen) atoms. The molecule has 3 heteroatoms. The summed E-state index contributed by atoms with van der Waals surface area (Å²) in [5.74, 6) is 0. The van der Waals surface area contributed by atoms with E-state index in [9.17, 15) is 5.11 Å². The van der Waals surface area contributed by atoms with Gasteiger partial charge in [0.25, 0.3) is 0 Å². The van der Waals surface area contributed by atoms with Gasteiger partial charge in [-0.25, -0.2) is 0 Å². The lowest BCUT2D eigenvalue weighted by Gasteiger charge is -2.43. The second-order valence-electron chi connectivity index (χ2n) is 6.35. The summed E-state index contributed by atoms with van der Waals surface area (Å²) in [5, 5.41) is 13.5. The molecule has 98 valence electrons. The van der Waals surface area contributed by atoms with Gasteiger partial charge in [0, 0.05) is 17.6 Å². The summed E-state index contributed by atoms with van der Waals surface area (Å²) in [6.07, 6.45) is 10.3. The zero-order valence-corrected chi connectivity index (χ0v) is 10.8. The van der Waals surface area contributed by atoms with Crippen molar-refractivity contribution in [3.05, 3.63) is 0 Å². The lowest BCUT2D eigenvalue weighted by atomic mass is 9.78. The molecule has 2 unspecified atom stereocenters. The lowest BCUT2D eigenvalue weighted by Crippen LogP contribution is -2.56. The number of hydrogen-bond donors (Lipinski definition) is 2. The molecule has 1 saturated heterocycles. The van der Waals surface area contributed by atoms with Gasteiger partial charge in [-0.1, -0.05) is 0 Å². The van der Waals surface area contributed by atoms with Crippen LogP contribution in [0.2, 0.25) is 0 Å². The number of nitrogens with one attached hydrogen (secondary N) is 1. The van der Waals surface area contributed by atoms with E-state index in [0.29, 0.717) is 12.6 Å². The molecular weight excluding hydrogens is 212 g/mol. The van der Waals surface area contributed by atoms with Gasteiger partial charge in [0.05, 0.1) is 6.61 Å². The van der Waals surface area contributed by atoms with Crippen LogP contribution in [0.4, 0.5) is 0 Å². The van der Waals surface area contributed by atoms with Crippen LogP contribution in [0.3, 0.4) is 0 Å². The Balaban J connectivity index is 1.63. The van der Waals surface area contributed by atoms with E-state index in [1.54, 1.807) is 0 Å². The maximum Gasteiger partial charge on any atom is 0.0613 e. The molecule has 2 aliphatic carbocycles. The molecule has 3 aliphatic rings. The Morgan fingerprint density at radius 3 is 2.53 bits per heavy atom. The standard InChI is InChI=1S/C14H26N2O/c17-11-14(15-12-5-6-12)7-3-4-13(10-14)16-8-1-2-9-16/h12-13,15,17H,1-11H2. The van der Waals surface area contributed by atoms with Gasteiger partial charge >= 0.3 is 0 Å². The molecule has 0 aromatic carbocycles. The smallest absolute Gasteiger partial charge is 0.0613 e. The molecule has 1 heterocycles. The van der Waals surface area contributed by atoms with Crippen molar-refractivity contribution < 1.29 is 5.11 Å². The summed E-state index contributed by atoms with van der Waals surface area (Å²) in [5.41, 5.74) is 0.0483.